The molecule has 6 heteroatoms. The SMILES string of the molecule is C=CC(=C)Oc1ccc(C=C(NC(=O)c2ccccc2)C(=O)NCc2cccc(F)c2)cc1. The first kappa shape index (κ1) is 23.2. The highest BCUT2D eigenvalue weighted by molar-refractivity contribution is 6.05. The van der Waals surface area contributed by atoms with E-state index in [0.717, 1.165) is 0 Å². The van der Waals surface area contributed by atoms with Crippen molar-refractivity contribution in [3.05, 3.63) is 132 Å². The van der Waals surface area contributed by atoms with Crippen LogP contribution in [0.1, 0.15) is 21.5 Å². The normalized spacial score (nSPS) is 10.8. The molecule has 0 atom stereocenters. The van der Waals surface area contributed by atoms with Crippen LogP contribution in [-0.2, 0) is 11.3 Å². The zero-order chi connectivity index (χ0) is 23.6. The van der Waals surface area contributed by atoms with Gasteiger partial charge in [-0.05, 0) is 59.7 Å². The summed E-state index contributed by atoms with van der Waals surface area (Å²) < 4.78 is 18.9. The average molecular weight is 442 g/mol. The molecule has 166 valence electrons. The lowest BCUT2D eigenvalue weighted by Crippen LogP contribution is -2.34. The van der Waals surface area contributed by atoms with E-state index in [0.29, 0.717) is 28.2 Å². The third-order valence-corrected chi connectivity index (χ3v) is 4.54. The number of amides is 2. The Hall–Kier alpha value is -4.45. The predicted molar refractivity (Wildman–Crippen MR) is 127 cm³/mol. The number of halogens is 1. The molecule has 0 saturated carbocycles. The Balaban J connectivity index is 1.80. The number of ether oxygens (including phenoxy) is 1. The fourth-order valence-electron chi connectivity index (χ4n) is 2.86. The summed E-state index contributed by atoms with van der Waals surface area (Å²) in [5.41, 5.74) is 1.72. The number of hydrogen-bond donors (Lipinski definition) is 2. The van der Waals surface area contributed by atoms with Crippen molar-refractivity contribution in [3.8, 4) is 5.75 Å². The lowest BCUT2D eigenvalue weighted by atomic mass is 10.1. The molecule has 0 heterocycles. The predicted octanol–water partition coefficient (Wildman–Crippen LogP) is 4.99. The van der Waals surface area contributed by atoms with Crippen LogP contribution in [0.4, 0.5) is 4.39 Å². The van der Waals surface area contributed by atoms with E-state index in [1.165, 1.54) is 18.2 Å². The van der Waals surface area contributed by atoms with E-state index in [1.54, 1.807) is 72.8 Å². The van der Waals surface area contributed by atoms with Crippen molar-refractivity contribution in [1.29, 1.82) is 0 Å². The maximum Gasteiger partial charge on any atom is 0.268 e. The van der Waals surface area contributed by atoms with E-state index in [1.807, 2.05) is 0 Å². The van der Waals surface area contributed by atoms with Gasteiger partial charge in [0, 0.05) is 12.1 Å². The molecule has 2 amide bonds. The molecule has 0 radical (unpaired) electrons. The van der Waals surface area contributed by atoms with E-state index in [-0.39, 0.29) is 12.2 Å². The van der Waals surface area contributed by atoms with Crippen molar-refractivity contribution in [3.63, 3.8) is 0 Å². The molecule has 0 aliphatic carbocycles. The van der Waals surface area contributed by atoms with Gasteiger partial charge in [-0.1, -0.05) is 55.6 Å². The summed E-state index contributed by atoms with van der Waals surface area (Å²) >= 11 is 0. The molecule has 3 rings (SSSR count). The average Bonchev–Trinajstić information content (AvgIpc) is 2.83. The minimum atomic E-state index is -0.510. The summed E-state index contributed by atoms with van der Waals surface area (Å²) in [5, 5.41) is 5.38. The van der Waals surface area contributed by atoms with Crippen molar-refractivity contribution in [2.24, 2.45) is 0 Å². The lowest BCUT2D eigenvalue weighted by molar-refractivity contribution is -0.117. The van der Waals surface area contributed by atoms with E-state index in [9.17, 15) is 14.0 Å². The zero-order valence-electron chi connectivity index (χ0n) is 17.9. The molecule has 33 heavy (non-hydrogen) atoms. The van der Waals surface area contributed by atoms with Gasteiger partial charge in [0.2, 0.25) is 0 Å². The highest BCUT2D eigenvalue weighted by Gasteiger charge is 2.15. The first-order chi connectivity index (χ1) is 15.9. The minimum absolute atomic E-state index is 0.0458. The van der Waals surface area contributed by atoms with E-state index >= 15 is 0 Å². The summed E-state index contributed by atoms with van der Waals surface area (Å²) in [7, 11) is 0. The third-order valence-electron chi connectivity index (χ3n) is 4.54. The van der Waals surface area contributed by atoms with Crippen molar-refractivity contribution in [2.45, 2.75) is 6.54 Å². The van der Waals surface area contributed by atoms with Gasteiger partial charge in [-0.2, -0.15) is 0 Å². The van der Waals surface area contributed by atoms with E-state index < -0.39 is 17.6 Å². The molecular formula is C27H23FN2O3. The molecule has 0 aromatic heterocycles. The van der Waals surface area contributed by atoms with Gasteiger partial charge in [-0.15, -0.1) is 0 Å². The Labute approximate surface area is 191 Å². The highest BCUT2D eigenvalue weighted by atomic mass is 19.1. The Morgan fingerprint density at radius 2 is 1.70 bits per heavy atom. The van der Waals surface area contributed by atoms with Crippen molar-refractivity contribution < 1.29 is 18.7 Å². The second-order valence-corrected chi connectivity index (χ2v) is 7.03. The minimum Gasteiger partial charge on any atom is -0.458 e. The Morgan fingerprint density at radius 1 is 0.970 bits per heavy atom. The molecule has 0 unspecified atom stereocenters. The van der Waals surface area contributed by atoms with Crippen molar-refractivity contribution in [1.82, 2.24) is 10.6 Å². The maximum atomic E-state index is 13.4. The zero-order valence-corrected chi connectivity index (χ0v) is 17.9. The van der Waals surface area contributed by atoms with Crippen molar-refractivity contribution in [2.75, 3.05) is 0 Å². The molecule has 0 bridgehead atoms. The molecular weight excluding hydrogens is 419 g/mol. The molecule has 5 nitrogen and oxygen atoms in total. The van der Waals surface area contributed by atoms with Gasteiger partial charge in [0.05, 0.1) is 0 Å². The van der Waals surface area contributed by atoms with Gasteiger partial charge in [-0.3, -0.25) is 9.59 Å². The van der Waals surface area contributed by atoms with Crippen LogP contribution in [0.5, 0.6) is 5.75 Å². The highest BCUT2D eigenvalue weighted by Crippen LogP contribution is 2.17. The number of nitrogens with one attached hydrogen (secondary N) is 2. The molecule has 0 saturated heterocycles. The van der Waals surface area contributed by atoms with Crippen LogP contribution < -0.4 is 15.4 Å². The summed E-state index contributed by atoms with van der Waals surface area (Å²) in [6.07, 6.45) is 3.04. The monoisotopic (exact) mass is 442 g/mol. The van der Waals surface area contributed by atoms with Crippen LogP contribution in [0.15, 0.2) is 110 Å². The van der Waals surface area contributed by atoms with Crippen LogP contribution in [-0.4, -0.2) is 11.8 Å². The number of allylic oxidation sites excluding steroid dienone is 1. The second-order valence-electron chi connectivity index (χ2n) is 7.03. The fourth-order valence-corrected chi connectivity index (χ4v) is 2.86. The Morgan fingerprint density at radius 3 is 2.36 bits per heavy atom. The number of benzene rings is 3. The molecule has 3 aromatic rings. The summed E-state index contributed by atoms with van der Waals surface area (Å²) in [6.45, 7) is 7.39. The van der Waals surface area contributed by atoms with Crippen LogP contribution in [0.3, 0.4) is 0 Å². The number of rotatable bonds is 9. The quantitative estimate of drug-likeness (QED) is 0.279. The molecule has 0 fully saturated rings. The Bertz CT molecular complexity index is 1190. The van der Waals surface area contributed by atoms with Gasteiger partial charge in [0.15, 0.2) is 0 Å². The molecule has 2 N–H and O–H groups in total. The molecule has 0 aliphatic rings. The Kier molecular flexibility index (Phi) is 7.91. The third kappa shape index (κ3) is 7.04. The summed E-state index contributed by atoms with van der Waals surface area (Å²) in [4.78, 5) is 25.5. The summed E-state index contributed by atoms with van der Waals surface area (Å²) in [5.74, 6) is -0.362. The first-order valence-electron chi connectivity index (χ1n) is 10.1. The van der Waals surface area contributed by atoms with Crippen LogP contribution in [0, 0.1) is 5.82 Å². The van der Waals surface area contributed by atoms with Crippen LogP contribution >= 0.6 is 0 Å². The fraction of sp³-hybridized carbons (Fsp3) is 0.0370. The van der Waals surface area contributed by atoms with E-state index in [4.69, 9.17) is 4.74 Å². The van der Waals surface area contributed by atoms with Crippen LogP contribution in [0.25, 0.3) is 6.08 Å². The number of hydrogen-bond acceptors (Lipinski definition) is 3. The topological polar surface area (TPSA) is 67.4 Å². The smallest absolute Gasteiger partial charge is 0.268 e. The largest absolute Gasteiger partial charge is 0.458 e. The van der Waals surface area contributed by atoms with E-state index in [2.05, 4.69) is 23.8 Å². The number of carbonyl (C=O) groups excluding carboxylic acids is 2. The maximum absolute atomic E-state index is 13.4. The molecule has 3 aromatic carbocycles. The number of carbonyl (C=O) groups is 2. The molecule has 0 spiro atoms. The van der Waals surface area contributed by atoms with Gasteiger partial charge in [0.25, 0.3) is 11.8 Å². The molecule has 0 aliphatic heterocycles. The van der Waals surface area contributed by atoms with Gasteiger partial charge in [-0.25, -0.2) is 4.39 Å². The van der Waals surface area contributed by atoms with Gasteiger partial charge < -0.3 is 15.4 Å². The summed E-state index contributed by atoms with van der Waals surface area (Å²) in [6, 6.07) is 21.4. The van der Waals surface area contributed by atoms with Crippen LogP contribution in [0.2, 0.25) is 0 Å². The lowest BCUT2D eigenvalue weighted by Gasteiger charge is -2.12. The first-order valence-corrected chi connectivity index (χ1v) is 10.1. The van der Waals surface area contributed by atoms with Gasteiger partial charge in [0.1, 0.15) is 23.0 Å². The van der Waals surface area contributed by atoms with Gasteiger partial charge >= 0.3 is 0 Å². The second kappa shape index (κ2) is 11.2. The van der Waals surface area contributed by atoms with Crippen molar-refractivity contribution >= 4 is 17.9 Å². The standard InChI is InChI=1S/C27H23FN2O3/c1-3-19(2)33-24-14-12-20(13-15-24)17-25(30-26(31)22-9-5-4-6-10-22)27(32)29-18-21-8-7-11-23(28)16-21/h3-17H,1-2,18H2,(H,29,32)(H,30,31).